The lowest BCUT2D eigenvalue weighted by Crippen LogP contribution is -2.39. The number of benzene rings is 1. The molecule has 1 aromatic carbocycles. The second-order valence-corrected chi connectivity index (χ2v) is 8.21. The molecule has 2 aromatic heterocycles. The van der Waals surface area contributed by atoms with Crippen molar-refractivity contribution in [1.82, 2.24) is 24.8 Å². The van der Waals surface area contributed by atoms with Crippen LogP contribution >= 0.6 is 22.9 Å². The van der Waals surface area contributed by atoms with Crippen molar-refractivity contribution in [2.24, 2.45) is 0 Å². The van der Waals surface area contributed by atoms with E-state index in [9.17, 15) is 4.79 Å². The number of hydrogen-bond donors (Lipinski definition) is 1. The molecule has 9 heteroatoms. The van der Waals surface area contributed by atoms with Crippen LogP contribution in [-0.4, -0.2) is 64.7 Å². The van der Waals surface area contributed by atoms with Gasteiger partial charge in [-0.05, 0) is 18.6 Å². The molecule has 0 unspecified atom stereocenters. The number of nitrogens with one attached hydrogen (secondary N) is 1. The zero-order valence-corrected chi connectivity index (χ0v) is 17.4. The molecule has 1 aliphatic heterocycles. The van der Waals surface area contributed by atoms with E-state index < -0.39 is 0 Å². The number of aromatic nitrogens is 3. The van der Waals surface area contributed by atoms with Gasteiger partial charge in [0.25, 0.3) is 0 Å². The minimum atomic E-state index is -0.0288. The predicted octanol–water partition coefficient (Wildman–Crippen LogP) is 2.37. The molecule has 0 radical (unpaired) electrons. The predicted molar refractivity (Wildman–Crippen MR) is 116 cm³/mol. The molecule has 7 nitrogen and oxygen atoms in total. The number of carbonyl (C=O) groups excluding carboxylic acids is 1. The van der Waals surface area contributed by atoms with E-state index in [4.69, 9.17) is 28.1 Å². The zero-order valence-electron chi connectivity index (χ0n) is 15.8. The summed E-state index contributed by atoms with van der Waals surface area (Å²) in [5.41, 5.74) is 1.90. The minimum Gasteiger partial charge on any atom is -0.345 e. The molecule has 1 amide bonds. The van der Waals surface area contributed by atoms with Gasteiger partial charge in [0.1, 0.15) is 0 Å². The van der Waals surface area contributed by atoms with Crippen molar-refractivity contribution >= 4 is 38.9 Å². The number of imidazole rings is 1. The summed E-state index contributed by atoms with van der Waals surface area (Å²) in [6, 6.07) is 7.63. The number of terminal acetylenes is 1. The van der Waals surface area contributed by atoms with Gasteiger partial charge in [0, 0.05) is 36.8 Å². The highest BCUT2D eigenvalue weighted by Crippen LogP contribution is 2.27. The van der Waals surface area contributed by atoms with Crippen LogP contribution in [0.15, 0.2) is 30.5 Å². The highest BCUT2D eigenvalue weighted by molar-refractivity contribution is 7.20. The fourth-order valence-electron chi connectivity index (χ4n) is 3.31. The molecule has 4 rings (SSSR count). The van der Waals surface area contributed by atoms with Gasteiger partial charge in [-0.3, -0.25) is 9.69 Å². The van der Waals surface area contributed by atoms with Gasteiger partial charge in [-0.15, -0.1) is 11.5 Å². The maximum absolute atomic E-state index is 11.9. The van der Waals surface area contributed by atoms with Crippen LogP contribution < -0.4 is 10.2 Å². The monoisotopic (exact) mass is 428 g/mol. The van der Waals surface area contributed by atoms with Crippen molar-refractivity contribution < 1.29 is 4.79 Å². The molecule has 0 aliphatic carbocycles. The van der Waals surface area contributed by atoms with Gasteiger partial charge in [0.15, 0.2) is 0 Å². The van der Waals surface area contributed by atoms with Gasteiger partial charge < -0.3 is 10.2 Å². The maximum atomic E-state index is 11.9. The van der Waals surface area contributed by atoms with Gasteiger partial charge in [-0.2, -0.15) is 0 Å². The first-order chi connectivity index (χ1) is 14.1. The smallest absolute Gasteiger partial charge is 0.234 e. The molecule has 1 saturated heterocycles. The number of halogens is 1. The third kappa shape index (κ3) is 4.70. The van der Waals surface area contributed by atoms with Crippen molar-refractivity contribution in [3.05, 3.63) is 35.5 Å². The summed E-state index contributed by atoms with van der Waals surface area (Å²) in [5, 5.41) is 9.10. The summed E-state index contributed by atoms with van der Waals surface area (Å²) in [7, 11) is 0. The van der Waals surface area contributed by atoms with Gasteiger partial charge in [0.2, 0.25) is 16.0 Å². The van der Waals surface area contributed by atoms with E-state index in [1.807, 2.05) is 35.0 Å². The highest BCUT2D eigenvalue weighted by atomic mass is 35.5. The molecular weight excluding hydrogens is 408 g/mol. The Bertz CT molecular complexity index is 1010. The molecule has 3 heterocycles. The summed E-state index contributed by atoms with van der Waals surface area (Å²) in [6.07, 6.45) is 8.10. The molecule has 0 saturated carbocycles. The Balaban J connectivity index is 1.41. The lowest BCUT2D eigenvalue weighted by atomic mass is 10.2. The van der Waals surface area contributed by atoms with E-state index in [0.717, 1.165) is 53.9 Å². The maximum Gasteiger partial charge on any atom is 0.234 e. The minimum absolute atomic E-state index is 0.0288. The van der Waals surface area contributed by atoms with Crippen LogP contribution in [0.1, 0.15) is 6.42 Å². The van der Waals surface area contributed by atoms with E-state index in [2.05, 4.69) is 21.0 Å². The Morgan fingerprint density at radius 2 is 2.07 bits per heavy atom. The zero-order chi connectivity index (χ0) is 20.2. The first-order valence-corrected chi connectivity index (χ1v) is 10.6. The number of nitrogens with zero attached hydrogens (tertiary/aromatic N) is 5. The normalized spacial score (nSPS) is 15.2. The Morgan fingerprint density at radius 3 is 2.83 bits per heavy atom. The number of fused-ring (bicyclic) bond motifs is 1. The van der Waals surface area contributed by atoms with Gasteiger partial charge in [-0.25, -0.2) is 9.50 Å². The highest BCUT2D eigenvalue weighted by Gasteiger charge is 2.20. The van der Waals surface area contributed by atoms with Gasteiger partial charge >= 0.3 is 0 Å². The number of rotatable bonds is 5. The van der Waals surface area contributed by atoms with Crippen LogP contribution in [0.4, 0.5) is 5.13 Å². The molecule has 0 atom stereocenters. The molecule has 1 fully saturated rings. The fraction of sp³-hybridized carbons (Fsp3) is 0.350. The summed E-state index contributed by atoms with van der Waals surface area (Å²) in [6.45, 7) is 4.06. The molecule has 29 heavy (non-hydrogen) atoms. The van der Waals surface area contributed by atoms with Crippen LogP contribution in [0.2, 0.25) is 5.02 Å². The van der Waals surface area contributed by atoms with Crippen LogP contribution in [0.25, 0.3) is 16.2 Å². The van der Waals surface area contributed by atoms with Crippen LogP contribution in [0, 0.1) is 12.3 Å². The van der Waals surface area contributed by atoms with E-state index in [1.165, 1.54) is 0 Å². The third-order valence-corrected chi connectivity index (χ3v) is 6.02. The van der Waals surface area contributed by atoms with Gasteiger partial charge in [0.05, 0.1) is 25.0 Å². The summed E-state index contributed by atoms with van der Waals surface area (Å²) >= 11 is 7.54. The van der Waals surface area contributed by atoms with Crippen LogP contribution in [0.5, 0.6) is 0 Å². The lowest BCUT2D eigenvalue weighted by Gasteiger charge is -2.20. The fourth-order valence-corrected chi connectivity index (χ4v) is 4.37. The van der Waals surface area contributed by atoms with Crippen molar-refractivity contribution in [2.75, 3.05) is 44.2 Å². The van der Waals surface area contributed by atoms with E-state index in [1.54, 1.807) is 11.3 Å². The van der Waals surface area contributed by atoms with Crippen molar-refractivity contribution in [1.29, 1.82) is 0 Å². The second kappa shape index (κ2) is 8.82. The second-order valence-electron chi connectivity index (χ2n) is 6.84. The Kier molecular flexibility index (Phi) is 6.00. The Labute approximate surface area is 178 Å². The molecule has 1 aliphatic rings. The molecule has 0 bridgehead atoms. The van der Waals surface area contributed by atoms with Crippen molar-refractivity contribution in [3.8, 4) is 23.6 Å². The first kappa shape index (κ1) is 19.7. The van der Waals surface area contributed by atoms with Crippen molar-refractivity contribution in [3.63, 3.8) is 0 Å². The molecule has 0 spiro atoms. The average Bonchev–Trinajstić information content (AvgIpc) is 3.20. The van der Waals surface area contributed by atoms with Crippen LogP contribution in [0.3, 0.4) is 0 Å². The quantitative estimate of drug-likeness (QED) is 0.632. The van der Waals surface area contributed by atoms with Crippen molar-refractivity contribution in [2.45, 2.75) is 6.42 Å². The summed E-state index contributed by atoms with van der Waals surface area (Å²) in [5.74, 6) is 2.40. The number of carbonyl (C=O) groups is 1. The molecular formula is C20H21ClN6OS. The van der Waals surface area contributed by atoms with E-state index in [-0.39, 0.29) is 12.5 Å². The standard InChI is InChI=1S/C20H21ClN6OS/c1-2-8-22-18(28)14-25-9-3-10-26(12-11-25)20-24-27-13-17(23-19(27)29-20)15-4-6-16(21)7-5-15/h1,4-7,13H,3,8-12,14H2,(H,22,28). The number of amides is 1. The largest absolute Gasteiger partial charge is 0.345 e. The lowest BCUT2D eigenvalue weighted by molar-refractivity contribution is -0.121. The third-order valence-electron chi connectivity index (χ3n) is 4.79. The average molecular weight is 429 g/mol. The first-order valence-electron chi connectivity index (χ1n) is 9.42. The van der Waals surface area contributed by atoms with E-state index >= 15 is 0 Å². The summed E-state index contributed by atoms with van der Waals surface area (Å²) < 4.78 is 1.83. The molecule has 150 valence electrons. The summed E-state index contributed by atoms with van der Waals surface area (Å²) in [4.78, 5) is 21.9. The Morgan fingerprint density at radius 1 is 1.24 bits per heavy atom. The Hall–Kier alpha value is -2.60. The molecule has 3 aromatic rings. The van der Waals surface area contributed by atoms with E-state index in [0.29, 0.717) is 11.6 Å². The topological polar surface area (TPSA) is 65.8 Å². The SMILES string of the molecule is C#CCNC(=O)CN1CCCN(c2nn3cc(-c4ccc(Cl)cc4)nc3s2)CC1. The molecule has 1 N–H and O–H groups in total. The number of anilines is 1. The van der Waals surface area contributed by atoms with Gasteiger partial charge in [-0.1, -0.05) is 41.0 Å². The number of hydrogen-bond acceptors (Lipinski definition) is 6. The van der Waals surface area contributed by atoms with Crippen LogP contribution in [-0.2, 0) is 4.79 Å².